The van der Waals surface area contributed by atoms with Crippen LogP contribution in [0.4, 0.5) is 0 Å². The minimum Gasteiger partial charge on any atom is -0.350 e. The van der Waals surface area contributed by atoms with Gasteiger partial charge in [-0.15, -0.1) is 5.10 Å². The number of hydrogen-bond acceptors (Lipinski definition) is 3. The highest BCUT2D eigenvalue weighted by Gasteiger charge is 2.09. The average molecular weight is 374 g/mol. The Hall–Kier alpha value is -1.21. The number of benzene rings is 1. The number of carbonyl (C=O) groups excluding carboxylic acids is 1. The van der Waals surface area contributed by atoms with Crippen molar-refractivity contribution < 1.29 is 4.79 Å². The molecule has 1 aromatic heterocycles. The van der Waals surface area contributed by atoms with Crippen LogP contribution in [0.5, 0.6) is 0 Å². The predicted molar refractivity (Wildman–Crippen MR) is 73.7 cm³/mol. The summed E-state index contributed by atoms with van der Waals surface area (Å²) in [5.41, 5.74) is 1.06. The third kappa shape index (κ3) is 3.64. The summed E-state index contributed by atoms with van der Waals surface area (Å²) in [4.78, 5) is 15.7. The quantitative estimate of drug-likeness (QED) is 0.892. The molecule has 0 aliphatic heterocycles. The Balaban J connectivity index is 1.88. The number of rotatable bonds is 4. The van der Waals surface area contributed by atoms with E-state index in [4.69, 9.17) is 0 Å². The van der Waals surface area contributed by atoms with Crippen molar-refractivity contribution in [3.05, 3.63) is 45.4 Å². The highest BCUT2D eigenvalue weighted by Crippen LogP contribution is 2.10. The first kappa shape index (κ1) is 13.2. The summed E-state index contributed by atoms with van der Waals surface area (Å²) < 4.78 is 2.44. The lowest BCUT2D eigenvalue weighted by molar-refractivity contribution is -0.122. The number of carbonyl (C=O) groups is 1. The van der Waals surface area contributed by atoms with Crippen LogP contribution < -0.4 is 5.32 Å². The zero-order valence-electron chi connectivity index (χ0n) is 9.31. The molecule has 1 aromatic carbocycles. The fraction of sp³-hybridized carbons (Fsp3) is 0.182. The normalized spacial score (nSPS) is 10.3. The zero-order chi connectivity index (χ0) is 13.0. The second kappa shape index (κ2) is 6.10. The lowest BCUT2D eigenvalue weighted by Crippen LogP contribution is -2.27. The van der Waals surface area contributed by atoms with Gasteiger partial charge >= 0.3 is 0 Å². The number of halogens is 2. The fourth-order valence-corrected chi connectivity index (χ4v) is 2.36. The third-order valence-electron chi connectivity index (χ3n) is 2.23. The van der Waals surface area contributed by atoms with E-state index in [-0.39, 0.29) is 12.5 Å². The van der Waals surface area contributed by atoms with Crippen LogP contribution in [0.15, 0.2) is 39.8 Å². The van der Waals surface area contributed by atoms with Gasteiger partial charge in [-0.2, -0.15) is 4.98 Å². The Morgan fingerprint density at radius 2 is 2.00 bits per heavy atom. The second-order valence-electron chi connectivity index (χ2n) is 3.57. The molecular weight excluding hydrogens is 364 g/mol. The van der Waals surface area contributed by atoms with Crippen molar-refractivity contribution in [2.45, 2.75) is 13.1 Å². The predicted octanol–water partition coefficient (Wildman–Crippen LogP) is 2.12. The maximum Gasteiger partial charge on any atom is 0.242 e. The largest absolute Gasteiger partial charge is 0.350 e. The van der Waals surface area contributed by atoms with Crippen LogP contribution in [0.3, 0.4) is 0 Å². The Bertz CT molecular complexity index is 541. The summed E-state index contributed by atoms with van der Waals surface area (Å²) in [5, 5.41) is 6.84. The van der Waals surface area contributed by atoms with Crippen molar-refractivity contribution >= 4 is 37.8 Å². The molecule has 0 saturated heterocycles. The van der Waals surface area contributed by atoms with E-state index < -0.39 is 0 Å². The molecule has 1 N–H and O–H groups in total. The van der Waals surface area contributed by atoms with Crippen molar-refractivity contribution in [1.82, 2.24) is 20.1 Å². The maximum absolute atomic E-state index is 11.7. The Labute approximate surface area is 121 Å². The van der Waals surface area contributed by atoms with Crippen molar-refractivity contribution in [3.63, 3.8) is 0 Å². The standard InChI is InChI=1S/C11H10Br2N4O/c12-10-15-11(13)17(16-10)7-9(18)14-6-8-4-2-1-3-5-8/h1-5H,6-7H2,(H,14,18). The summed E-state index contributed by atoms with van der Waals surface area (Å²) in [7, 11) is 0. The van der Waals surface area contributed by atoms with Crippen molar-refractivity contribution in [1.29, 1.82) is 0 Å². The fourth-order valence-electron chi connectivity index (χ4n) is 1.39. The number of amides is 1. The molecule has 0 spiro atoms. The molecule has 1 amide bonds. The molecule has 0 aliphatic rings. The van der Waals surface area contributed by atoms with Gasteiger partial charge in [0.25, 0.3) is 0 Å². The van der Waals surface area contributed by atoms with E-state index >= 15 is 0 Å². The lowest BCUT2D eigenvalue weighted by Gasteiger charge is -2.05. The summed E-state index contributed by atoms with van der Waals surface area (Å²) in [6.45, 7) is 0.638. The molecule has 0 fully saturated rings. The van der Waals surface area contributed by atoms with Gasteiger partial charge in [-0.05, 0) is 37.4 Å². The van der Waals surface area contributed by atoms with Gasteiger partial charge in [-0.25, -0.2) is 4.68 Å². The van der Waals surface area contributed by atoms with Gasteiger partial charge in [0.1, 0.15) is 6.54 Å². The number of nitrogens with one attached hydrogen (secondary N) is 1. The van der Waals surface area contributed by atoms with Gasteiger partial charge in [0.2, 0.25) is 10.6 Å². The van der Waals surface area contributed by atoms with Gasteiger partial charge in [0, 0.05) is 6.54 Å². The monoisotopic (exact) mass is 372 g/mol. The van der Waals surface area contributed by atoms with Crippen molar-refractivity contribution in [3.8, 4) is 0 Å². The van der Waals surface area contributed by atoms with Gasteiger partial charge in [0.15, 0.2) is 4.73 Å². The number of nitrogens with zero attached hydrogens (tertiary/aromatic N) is 3. The number of aromatic nitrogens is 3. The van der Waals surface area contributed by atoms with E-state index in [0.717, 1.165) is 5.56 Å². The van der Waals surface area contributed by atoms with Crippen LogP contribution in [0.2, 0.25) is 0 Å². The van der Waals surface area contributed by atoms with E-state index in [1.807, 2.05) is 30.3 Å². The smallest absolute Gasteiger partial charge is 0.242 e. The SMILES string of the molecule is O=C(Cn1nc(Br)nc1Br)NCc1ccccc1. The van der Waals surface area contributed by atoms with E-state index in [1.54, 1.807) is 0 Å². The van der Waals surface area contributed by atoms with Crippen LogP contribution >= 0.6 is 31.9 Å². The minimum absolute atomic E-state index is 0.114. The van der Waals surface area contributed by atoms with Crippen LogP contribution in [-0.2, 0) is 17.9 Å². The first-order chi connectivity index (χ1) is 8.65. The topological polar surface area (TPSA) is 59.8 Å². The van der Waals surface area contributed by atoms with Crippen LogP contribution in [0, 0.1) is 0 Å². The summed E-state index contributed by atoms with van der Waals surface area (Å²) >= 11 is 6.36. The van der Waals surface area contributed by atoms with Crippen molar-refractivity contribution in [2.24, 2.45) is 0 Å². The van der Waals surface area contributed by atoms with E-state index in [0.29, 0.717) is 16.0 Å². The zero-order valence-corrected chi connectivity index (χ0v) is 12.5. The third-order valence-corrected chi connectivity index (χ3v) is 3.15. The van der Waals surface area contributed by atoms with Crippen LogP contribution in [-0.4, -0.2) is 20.7 Å². The summed E-state index contributed by atoms with van der Waals surface area (Å²) in [6, 6.07) is 9.74. The minimum atomic E-state index is -0.114. The molecule has 18 heavy (non-hydrogen) atoms. The van der Waals surface area contributed by atoms with Crippen LogP contribution in [0.25, 0.3) is 0 Å². The first-order valence-corrected chi connectivity index (χ1v) is 6.80. The lowest BCUT2D eigenvalue weighted by atomic mass is 10.2. The van der Waals surface area contributed by atoms with E-state index in [9.17, 15) is 4.79 Å². The molecule has 94 valence electrons. The molecule has 1 heterocycles. The Morgan fingerprint density at radius 3 is 2.61 bits per heavy atom. The van der Waals surface area contributed by atoms with Crippen molar-refractivity contribution in [2.75, 3.05) is 0 Å². The molecule has 0 atom stereocenters. The Morgan fingerprint density at radius 1 is 1.28 bits per heavy atom. The molecular formula is C11H10Br2N4O. The van der Waals surface area contributed by atoms with Crippen LogP contribution in [0.1, 0.15) is 5.56 Å². The van der Waals surface area contributed by atoms with E-state index in [1.165, 1.54) is 4.68 Å². The van der Waals surface area contributed by atoms with Gasteiger partial charge < -0.3 is 5.32 Å². The van der Waals surface area contributed by atoms with Gasteiger partial charge in [-0.3, -0.25) is 4.79 Å². The highest BCUT2D eigenvalue weighted by molar-refractivity contribution is 9.11. The highest BCUT2D eigenvalue weighted by atomic mass is 79.9. The number of hydrogen-bond donors (Lipinski definition) is 1. The summed E-state index contributed by atoms with van der Waals surface area (Å²) in [5.74, 6) is -0.114. The molecule has 0 saturated carbocycles. The second-order valence-corrected chi connectivity index (χ2v) is 4.99. The molecule has 7 heteroatoms. The summed E-state index contributed by atoms with van der Waals surface area (Å²) in [6.07, 6.45) is 0. The molecule has 0 radical (unpaired) electrons. The Kier molecular flexibility index (Phi) is 4.48. The average Bonchev–Trinajstić information content (AvgIpc) is 2.67. The molecule has 5 nitrogen and oxygen atoms in total. The maximum atomic E-state index is 11.7. The van der Waals surface area contributed by atoms with Gasteiger partial charge in [0.05, 0.1) is 0 Å². The molecule has 0 bridgehead atoms. The first-order valence-electron chi connectivity index (χ1n) is 5.21. The molecule has 2 aromatic rings. The van der Waals surface area contributed by atoms with Gasteiger partial charge in [-0.1, -0.05) is 30.3 Å². The molecule has 0 aliphatic carbocycles. The van der Waals surface area contributed by atoms with E-state index in [2.05, 4.69) is 47.3 Å². The molecule has 0 unspecified atom stereocenters. The molecule has 2 rings (SSSR count).